The second-order valence-corrected chi connectivity index (χ2v) is 10.9. The maximum absolute atomic E-state index is 14.5. The van der Waals surface area contributed by atoms with E-state index in [-0.39, 0.29) is 30.1 Å². The predicted molar refractivity (Wildman–Crippen MR) is 192 cm³/mol. The molecule has 1 heterocycles. The first-order valence-electron chi connectivity index (χ1n) is 15.0. The molecule has 0 atom stereocenters. The van der Waals surface area contributed by atoms with Crippen LogP contribution >= 0.6 is 12.4 Å². The van der Waals surface area contributed by atoms with Gasteiger partial charge in [-0.15, -0.1) is 12.4 Å². The Balaban J connectivity index is 0.00000468. The SMILES string of the molecule is COC(=O)c1c(-c2cc(OC)c(OC)c(OC)c2)c2cc(OC)c(OCc3ccc4ccccc4c3)cc2c(=O)n1-c1ccc(N)cc1.Cl. The average Bonchev–Trinajstić information content (AvgIpc) is 3.12. The molecule has 0 radical (unpaired) electrons. The first-order chi connectivity index (χ1) is 23.3. The minimum absolute atomic E-state index is 0. The number of rotatable bonds is 10. The van der Waals surface area contributed by atoms with Gasteiger partial charge in [0.2, 0.25) is 5.75 Å². The van der Waals surface area contributed by atoms with Crippen LogP contribution < -0.4 is 35.0 Å². The summed E-state index contributed by atoms with van der Waals surface area (Å²) in [7, 11) is 7.27. The fourth-order valence-corrected chi connectivity index (χ4v) is 5.84. The molecule has 0 fully saturated rings. The molecule has 1 aromatic heterocycles. The molecular weight excluding hydrogens is 648 g/mol. The van der Waals surface area contributed by atoms with E-state index in [9.17, 15) is 9.59 Å². The molecule has 0 aliphatic carbocycles. The first kappa shape index (κ1) is 34.5. The summed E-state index contributed by atoms with van der Waals surface area (Å²) >= 11 is 0. The molecule has 11 heteroatoms. The van der Waals surface area contributed by atoms with Gasteiger partial charge in [-0.05, 0) is 76.5 Å². The zero-order chi connectivity index (χ0) is 33.9. The van der Waals surface area contributed by atoms with Crippen LogP contribution in [0.15, 0.2) is 95.8 Å². The highest BCUT2D eigenvalue weighted by atomic mass is 35.5. The number of nitrogen functional groups attached to an aromatic ring is 1. The summed E-state index contributed by atoms with van der Waals surface area (Å²) < 4.78 is 35.5. The molecule has 252 valence electrons. The number of halogens is 1. The van der Waals surface area contributed by atoms with Crippen molar-refractivity contribution in [2.24, 2.45) is 0 Å². The maximum Gasteiger partial charge on any atom is 0.355 e. The number of nitrogens with zero attached hydrogens (tertiary/aromatic N) is 1. The van der Waals surface area contributed by atoms with Gasteiger partial charge in [-0.3, -0.25) is 9.36 Å². The molecule has 6 rings (SSSR count). The van der Waals surface area contributed by atoms with Gasteiger partial charge < -0.3 is 34.2 Å². The highest BCUT2D eigenvalue weighted by Crippen LogP contribution is 2.45. The Labute approximate surface area is 288 Å². The lowest BCUT2D eigenvalue weighted by Crippen LogP contribution is -2.27. The molecular formula is C38H35ClN2O8. The number of methoxy groups -OCH3 is 5. The molecule has 0 aliphatic rings. The number of carbonyl (C=O) groups is 1. The van der Waals surface area contributed by atoms with Crippen LogP contribution in [0.2, 0.25) is 0 Å². The third kappa shape index (κ3) is 6.38. The molecule has 0 saturated heterocycles. The first-order valence-corrected chi connectivity index (χ1v) is 15.0. The molecule has 0 aliphatic heterocycles. The van der Waals surface area contributed by atoms with E-state index in [0.29, 0.717) is 56.6 Å². The second-order valence-electron chi connectivity index (χ2n) is 10.9. The number of fused-ring (bicyclic) bond motifs is 2. The van der Waals surface area contributed by atoms with Crippen molar-refractivity contribution >= 4 is 45.6 Å². The van der Waals surface area contributed by atoms with Crippen LogP contribution in [0.1, 0.15) is 16.1 Å². The number of esters is 1. The van der Waals surface area contributed by atoms with E-state index in [1.165, 1.54) is 40.1 Å². The lowest BCUT2D eigenvalue weighted by molar-refractivity contribution is 0.0591. The third-order valence-corrected chi connectivity index (χ3v) is 8.16. The van der Waals surface area contributed by atoms with E-state index in [1.54, 1.807) is 48.5 Å². The number of hydrogen-bond acceptors (Lipinski definition) is 9. The van der Waals surface area contributed by atoms with E-state index in [0.717, 1.165) is 16.3 Å². The Bertz CT molecular complexity index is 2210. The number of hydrogen-bond donors (Lipinski definition) is 1. The Morgan fingerprint density at radius 1 is 0.694 bits per heavy atom. The molecule has 6 aromatic rings. The molecule has 5 aromatic carbocycles. The molecule has 0 unspecified atom stereocenters. The van der Waals surface area contributed by atoms with Crippen LogP contribution in [0.5, 0.6) is 28.7 Å². The number of ether oxygens (including phenoxy) is 6. The van der Waals surface area contributed by atoms with Crippen LogP contribution in [-0.4, -0.2) is 46.1 Å². The van der Waals surface area contributed by atoms with E-state index in [2.05, 4.69) is 6.07 Å². The molecule has 0 bridgehead atoms. The van der Waals surface area contributed by atoms with Crippen LogP contribution in [-0.2, 0) is 11.3 Å². The third-order valence-electron chi connectivity index (χ3n) is 8.16. The average molecular weight is 683 g/mol. The van der Waals surface area contributed by atoms with Crippen LogP contribution in [0, 0.1) is 0 Å². The number of nitrogens with two attached hydrogens (primary N) is 1. The smallest absolute Gasteiger partial charge is 0.355 e. The van der Waals surface area contributed by atoms with Crippen molar-refractivity contribution in [3.63, 3.8) is 0 Å². The number of anilines is 1. The van der Waals surface area contributed by atoms with Crippen LogP contribution in [0.3, 0.4) is 0 Å². The second kappa shape index (κ2) is 14.5. The minimum Gasteiger partial charge on any atom is -0.493 e. The summed E-state index contributed by atoms with van der Waals surface area (Å²) in [6.07, 6.45) is 0. The summed E-state index contributed by atoms with van der Waals surface area (Å²) in [5.41, 5.74) is 8.17. The van der Waals surface area contributed by atoms with Crippen molar-refractivity contribution < 1.29 is 33.2 Å². The molecule has 10 nitrogen and oxygen atoms in total. The summed E-state index contributed by atoms with van der Waals surface area (Å²) in [5, 5.41) is 2.88. The van der Waals surface area contributed by atoms with Gasteiger partial charge in [0.15, 0.2) is 23.0 Å². The molecule has 2 N–H and O–H groups in total. The van der Waals surface area contributed by atoms with Crippen molar-refractivity contribution in [3.8, 4) is 45.6 Å². The lowest BCUT2D eigenvalue weighted by atomic mass is 9.95. The Kier molecular flexibility index (Phi) is 10.2. The van der Waals surface area contributed by atoms with Gasteiger partial charge in [-0.1, -0.05) is 36.4 Å². The van der Waals surface area contributed by atoms with Gasteiger partial charge in [0.1, 0.15) is 12.3 Å². The van der Waals surface area contributed by atoms with Gasteiger partial charge in [0, 0.05) is 22.3 Å². The normalized spacial score (nSPS) is 10.7. The summed E-state index contributed by atoms with van der Waals surface area (Å²) in [6.45, 7) is 0.221. The number of benzene rings is 5. The number of aromatic nitrogens is 1. The molecule has 0 amide bonds. The van der Waals surface area contributed by atoms with Crippen molar-refractivity contribution in [1.29, 1.82) is 0 Å². The standard InChI is InChI=1S/C38H34N2O8.ClH/c1-43-30-19-28-29(20-31(30)48-21-22-10-11-23-8-6-7-9-24(23)16-22)37(41)40(27-14-12-26(39)13-15-27)35(38(42)47-5)34(28)25-17-32(44-2)36(46-4)33(18-25)45-3;/h6-20H,21,39H2,1-5H3;1H. The Morgan fingerprint density at radius 3 is 1.94 bits per heavy atom. The summed E-state index contributed by atoms with van der Waals surface area (Å²) in [6, 6.07) is 27.5. The zero-order valence-electron chi connectivity index (χ0n) is 27.6. The Morgan fingerprint density at radius 2 is 1.33 bits per heavy atom. The fourth-order valence-electron chi connectivity index (χ4n) is 5.84. The molecule has 0 spiro atoms. The topological polar surface area (TPSA) is 120 Å². The van der Waals surface area contributed by atoms with Gasteiger partial charge >= 0.3 is 5.97 Å². The fraction of sp³-hybridized carbons (Fsp3) is 0.158. The highest BCUT2D eigenvalue weighted by molar-refractivity contribution is 6.08. The minimum atomic E-state index is -0.745. The summed E-state index contributed by atoms with van der Waals surface area (Å²) in [4.78, 5) is 28.2. The number of pyridine rings is 1. The van der Waals surface area contributed by atoms with Crippen molar-refractivity contribution in [1.82, 2.24) is 4.57 Å². The quantitative estimate of drug-likeness (QED) is 0.118. The van der Waals surface area contributed by atoms with Gasteiger partial charge in [0.05, 0.1) is 40.9 Å². The van der Waals surface area contributed by atoms with Gasteiger partial charge in [-0.2, -0.15) is 0 Å². The van der Waals surface area contributed by atoms with Crippen molar-refractivity contribution in [2.75, 3.05) is 41.3 Å². The van der Waals surface area contributed by atoms with Gasteiger partial charge in [0.25, 0.3) is 5.56 Å². The van der Waals surface area contributed by atoms with Crippen LogP contribution in [0.25, 0.3) is 38.4 Å². The van der Waals surface area contributed by atoms with E-state index in [1.807, 2.05) is 36.4 Å². The van der Waals surface area contributed by atoms with E-state index < -0.39 is 11.5 Å². The van der Waals surface area contributed by atoms with Gasteiger partial charge in [-0.25, -0.2) is 4.79 Å². The summed E-state index contributed by atoms with van der Waals surface area (Å²) in [5.74, 6) is 1.02. The zero-order valence-corrected chi connectivity index (χ0v) is 28.4. The Hall–Kier alpha value is -5.87. The van der Waals surface area contributed by atoms with Crippen molar-refractivity contribution in [2.45, 2.75) is 6.61 Å². The molecule has 49 heavy (non-hydrogen) atoms. The predicted octanol–water partition coefficient (Wildman–Crippen LogP) is 7.21. The largest absolute Gasteiger partial charge is 0.493 e. The van der Waals surface area contributed by atoms with E-state index in [4.69, 9.17) is 34.2 Å². The maximum atomic E-state index is 14.5. The monoisotopic (exact) mass is 682 g/mol. The molecule has 0 saturated carbocycles. The highest BCUT2D eigenvalue weighted by Gasteiger charge is 2.28. The van der Waals surface area contributed by atoms with Crippen molar-refractivity contribution in [3.05, 3.63) is 113 Å². The van der Waals surface area contributed by atoms with E-state index >= 15 is 0 Å². The lowest BCUT2D eigenvalue weighted by Gasteiger charge is -2.21. The number of carbonyl (C=O) groups excluding carboxylic acids is 1. The van der Waals surface area contributed by atoms with Crippen LogP contribution in [0.4, 0.5) is 5.69 Å².